The van der Waals surface area contributed by atoms with E-state index >= 15 is 0 Å². The Balaban J connectivity index is 1.73. The van der Waals surface area contributed by atoms with Gasteiger partial charge in [-0.1, -0.05) is 23.1 Å². The topological polar surface area (TPSA) is 132 Å². The van der Waals surface area contributed by atoms with Gasteiger partial charge in [0.05, 0.1) is 29.1 Å². The number of rotatable bonds is 6. The van der Waals surface area contributed by atoms with E-state index in [1.165, 1.54) is 27.7 Å². The lowest BCUT2D eigenvalue weighted by Crippen LogP contribution is -2.20. The minimum absolute atomic E-state index is 0.0636. The monoisotopic (exact) mass is 375 g/mol. The second kappa shape index (κ2) is 7.37. The Morgan fingerprint density at radius 2 is 2.36 bits per heavy atom. The molecule has 3 rings (SSSR count). The Morgan fingerprint density at radius 3 is 3.12 bits per heavy atom. The zero-order valence-corrected chi connectivity index (χ0v) is 14.7. The molecule has 2 heterocycles. The lowest BCUT2D eigenvalue weighted by atomic mass is 10.3. The van der Waals surface area contributed by atoms with Gasteiger partial charge in [-0.15, -0.1) is 10.2 Å². The molecule has 0 saturated heterocycles. The predicted octanol–water partition coefficient (Wildman–Crippen LogP) is 1.73. The normalized spacial score (nSPS) is 10.6. The van der Waals surface area contributed by atoms with Gasteiger partial charge in [0, 0.05) is 0 Å². The minimum atomic E-state index is -0.309. The van der Waals surface area contributed by atoms with Crippen molar-refractivity contribution in [1.29, 1.82) is 5.26 Å². The highest BCUT2D eigenvalue weighted by atomic mass is 32.2. The second-order valence-corrected chi connectivity index (χ2v) is 6.75. The second-order valence-electron chi connectivity index (χ2n) is 4.77. The van der Waals surface area contributed by atoms with E-state index in [2.05, 4.69) is 20.5 Å². The van der Waals surface area contributed by atoms with E-state index in [0.29, 0.717) is 10.3 Å². The van der Waals surface area contributed by atoms with Gasteiger partial charge in [-0.2, -0.15) is 5.26 Å². The van der Waals surface area contributed by atoms with Crippen molar-refractivity contribution in [3.8, 4) is 11.8 Å². The molecule has 0 aliphatic rings. The molecule has 11 heteroatoms. The quantitative estimate of drug-likeness (QED) is 0.623. The van der Waals surface area contributed by atoms with E-state index < -0.39 is 0 Å². The first kappa shape index (κ1) is 17.0. The first-order valence-corrected chi connectivity index (χ1v) is 8.83. The fourth-order valence-electron chi connectivity index (χ4n) is 2.04. The highest BCUT2D eigenvalue weighted by Crippen LogP contribution is 2.29. The number of carbonyl (C=O) groups excluding carboxylic acids is 1. The molecule has 0 spiro atoms. The summed E-state index contributed by atoms with van der Waals surface area (Å²) in [6.45, 7) is -0.0636. The number of methoxy groups -OCH3 is 1. The van der Waals surface area contributed by atoms with Crippen molar-refractivity contribution < 1.29 is 9.53 Å². The third kappa shape index (κ3) is 3.81. The van der Waals surface area contributed by atoms with Crippen LogP contribution in [0.25, 0.3) is 10.2 Å². The molecule has 3 aromatic rings. The van der Waals surface area contributed by atoms with Crippen molar-refractivity contribution in [2.75, 3.05) is 23.9 Å². The molecule has 0 fully saturated rings. The van der Waals surface area contributed by atoms with Crippen LogP contribution in [0, 0.1) is 11.3 Å². The molecule has 0 saturated carbocycles. The van der Waals surface area contributed by atoms with Gasteiger partial charge in [-0.25, -0.2) is 4.98 Å². The van der Waals surface area contributed by atoms with Gasteiger partial charge in [0.1, 0.15) is 12.3 Å². The summed E-state index contributed by atoms with van der Waals surface area (Å²) in [6, 6.07) is 7.49. The maximum absolute atomic E-state index is 12.3. The van der Waals surface area contributed by atoms with E-state index in [1.807, 2.05) is 24.3 Å². The van der Waals surface area contributed by atoms with E-state index in [9.17, 15) is 4.79 Å². The van der Waals surface area contributed by atoms with Crippen LogP contribution < -0.4 is 15.8 Å². The molecular weight excluding hydrogens is 362 g/mol. The van der Waals surface area contributed by atoms with Crippen LogP contribution in [0.2, 0.25) is 0 Å². The Hall–Kier alpha value is -2.84. The molecule has 0 aliphatic heterocycles. The summed E-state index contributed by atoms with van der Waals surface area (Å²) < 4.78 is 7.53. The number of nitriles is 1. The van der Waals surface area contributed by atoms with E-state index in [0.717, 1.165) is 16.0 Å². The number of carbonyl (C=O) groups is 1. The molecule has 0 aliphatic carbocycles. The Labute approximate surface area is 150 Å². The molecule has 0 atom stereocenters. The number of anilines is 2. The molecule has 0 radical (unpaired) electrons. The number of nitrogens with zero attached hydrogens (tertiary/aromatic N) is 5. The number of nitrogen functional groups attached to an aromatic ring is 1. The van der Waals surface area contributed by atoms with E-state index in [4.69, 9.17) is 15.7 Å². The molecule has 9 nitrogen and oxygen atoms in total. The molecule has 0 bridgehead atoms. The fourth-order valence-corrected chi connectivity index (χ4v) is 3.56. The van der Waals surface area contributed by atoms with Crippen LogP contribution in [0.5, 0.6) is 5.75 Å². The van der Waals surface area contributed by atoms with Crippen LogP contribution in [-0.2, 0) is 11.3 Å². The summed E-state index contributed by atoms with van der Waals surface area (Å²) in [5.41, 5.74) is 6.51. The summed E-state index contributed by atoms with van der Waals surface area (Å²) in [5.74, 6) is 0.728. The average molecular weight is 375 g/mol. The minimum Gasteiger partial charge on any atom is -0.497 e. The lowest BCUT2D eigenvalue weighted by molar-refractivity contribution is -0.116. The highest BCUT2D eigenvalue weighted by molar-refractivity contribution is 7.99. The molecule has 3 N–H and O–H groups in total. The summed E-state index contributed by atoms with van der Waals surface area (Å²) in [7, 11) is 1.59. The SMILES string of the molecule is COc1ccc2nc(NC(=O)Cn3c(N)nnc3SCC#N)sc2c1. The fraction of sp³-hybridized carbons (Fsp3) is 0.214. The smallest absolute Gasteiger partial charge is 0.246 e. The maximum Gasteiger partial charge on any atom is 0.246 e. The van der Waals surface area contributed by atoms with Gasteiger partial charge in [-0.05, 0) is 18.2 Å². The predicted molar refractivity (Wildman–Crippen MR) is 95.6 cm³/mol. The number of thiazole rings is 1. The van der Waals surface area contributed by atoms with Crippen molar-refractivity contribution in [3.05, 3.63) is 18.2 Å². The van der Waals surface area contributed by atoms with Crippen LogP contribution >= 0.6 is 23.1 Å². The molecule has 128 valence electrons. The first-order valence-electron chi connectivity index (χ1n) is 7.03. The largest absolute Gasteiger partial charge is 0.497 e. The average Bonchev–Trinajstić information content (AvgIpc) is 3.15. The third-order valence-corrected chi connectivity index (χ3v) is 4.92. The van der Waals surface area contributed by atoms with Gasteiger partial charge in [0.2, 0.25) is 11.9 Å². The van der Waals surface area contributed by atoms with E-state index in [1.54, 1.807) is 7.11 Å². The number of fused-ring (bicyclic) bond motifs is 1. The van der Waals surface area contributed by atoms with Crippen molar-refractivity contribution in [1.82, 2.24) is 19.7 Å². The number of hydrogen-bond acceptors (Lipinski definition) is 9. The number of thioether (sulfide) groups is 1. The number of ether oxygens (including phenoxy) is 1. The maximum atomic E-state index is 12.3. The number of hydrogen-bond donors (Lipinski definition) is 2. The van der Waals surface area contributed by atoms with Crippen LogP contribution in [0.1, 0.15) is 0 Å². The zero-order chi connectivity index (χ0) is 17.8. The van der Waals surface area contributed by atoms with Gasteiger partial charge in [0.15, 0.2) is 10.3 Å². The molecule has 1 amide bonds. The molecular formula is C14H13N7O2S2. The summed E-state index contributed by atoms with van der Waals surface area (Å²) >= 11 is 2.51. The first-order chi connectivity index (χ1) is 12.1. The van der Waals surface area contributed by atoms with Crippen molar-refractivity contribution in [3.63, 3.8) is 0 Å². The number of nitrogens with one attached hydrogen (secondary N) is 1. The van der Waals surface area contributed by atoms with Gasteiger partial charge in [0.25, 0.3) is 0 Å². The van der Waals surface area contributed by atoms with Crippen LogP contribution in [-0.4, -0.2) is 38.5 Å². The summed E-state index contributed by atoms with van der Waals surface area (Å²) in [4.78, 5) is 16.6. The Bertz CT molecular complexity index is 960. The number of nitrogens with two attached hydrogens (primary N) is 1. The number of benzene rings is 1. The van der Waals surface area contributed by atoms with Crippen molar-refractivity contribution >= 4 is 50.3 Å². The molecule has 0 unspecified atom stereocenters. The van der Waals surface area contributed by atoms with Crippen LogP contribution in [0.15, 0.2) is 23.4 Å². The van der Waals surface area contributed by atoms with Crippen LogP contribution in [0.3, 0.4) is 0 Å². The molecule has 25 heavy (non-hydrogen) atoms. The molecule has 1 aromatic carbocycles. The third-order valence-electron chi connectivity index (χ3n) is 3.15. The summed E-state index contributed by atoms with van der Waals surface area (Å²) in [6.07, 6.45) is 0. The van der Waals surface area contributed by atoms with Gasteiger partial charge >= 0.3 is 0 Å². The van der Waals surface area contributed by atoms with Gasteiger partial charge < -0.3 is 15.8 Å². The Kier molecular flexibility index (Phi) is 5.01. The van der Waals surface area contributed by atoms with Gasteiger partial charge in [-0.3, -0.25) is 9.36 Å². The number of amides is 1. The highest BCUT2D eigenvalue weighted by Gasteiger charge is 2.15. The van der Waals surface area contributed by atoms with Crippen molar-refractivity contribution in [2.45, 2.75) is 11.7 Å². The van der Waals surface area contributed by atoms with Crippen molar-refractivity contribution in [2.24, 2.45) is 0 Å². The lowest BCUT2D eigenvalue weighted by Gasteiger charge is -2.06. The Morgan fingerprint density at radius 1 is 1.52 bits per heavy atom. The molecule has 2 aromatic heterocycles. The zero-order valence-electron chi connectivity index (χ0n) is 13.1. The van der Waals surface area contributed by atoms with E-state index in [-0.39, 0.29) is 24.2 Å². The summed E-state index contributed by atoms with van der Waals surface area (Å²) in [5, 5.41) is 19.9. The standard InChI is InChI=1S/C14H13N7O2S2/c1-23-8-2-3-9-10(6-8)25-13(17-9)18-11(22)7-21-12(16)19-20-14(21)24-5-4-15/h2-3,6H,5,7H2,1H3,(H2,16,19)(H,17,18,22). The number of aromatic nitrogens is 4. The van der Waals surface area contributed by atoms with Crippen LogP contribution in [0.4, 0.5) is 11.1 Å².